The molecule has 15 N–H and O–H groups in total. The lowest BCUT2D eigenvalue weighted by atomic mass is 10.1. The van der Waals surface area contributed by atoms with Crippen molar-refractivity contribution in [3.8, 4) is 0 Å². The van der Waals surface area contributed by atoms with E-state index in [-0.39, 0.29) is 31.9 Å². The molecular formula is C20H34N10O10. The fourth-order valence-corrected chi connectivity index (χ4v) is 2.87. The molecule has 0 spiro atoms. The number of hydrogen-bond acceptors (Lipinski definition) is 10. The van der Waals surface area contributed by atoms with E-state index in [4.69, 9.17) is 32.8 Å². The highest BCUT2D eigenvalue weighted by Gasteiger charge is 2.31. The quantitative estimate of drug-likeness (QED) is 0.0388. The van der Waals surface area contributed by atoms with Gasteiger partial charge in [0.1, 0.15) is 18.1 Å². The number of amides is 6. The molecule has 0 radical (unpaired) electrons. The van der Waals surface area contributed by atoms with Crippen molar-refractivity contribution >= 4 is 53.3 Å². The summed E-state index contributed by atoms with van der Waals surface area (Å²) in [4.78, 5) is 94.4. The Kier molecular flexibility index (Phi) is 16.0. The second-order valence-electron chi connectivity index (χ2n) is 8.09. The largest absolute Gasteiger partial charge is 0.481 e. The van der Waals surface area contributed by atoms with Crippen LogP contribution >= 0.6 is 0 Å². The topological polar surface area (TPSA) is 351 Å². The maximum atomic E-state index is 12.9. The van der Waals surface area contributed by atoms with Gasteiger partial charge < -0.3 is 59.3 Å². The third kappa shape index (κ3) is 16.0. The van der Waals surface area contributed by atoms with Crippen LogP contribution in [0.1, 0.15) is 25.7 Å². The van der Waals surface area contributed by atoms with Gasteiger partial charge in [0.05, 0.1) is 32.5 Å². The first-order valence-electron chi connectivity index (χ1n) is 11.6. The Morgan fingerprint density at radius 3 is 1.77 bits per heavy atom. The van der Waals surface area contributed by atoms with Gasteiger partial charge in [-0.1, -0.05) is 0 Å². The lowest BCUT2D eigenvalue weighted by Gasteiger charge is -2.23. The summed E-state index contributed by atoms with van der Waals surface area (Å²) in [6.45, 7) is -1.35. The Balaban J connectivity index is 5.49. The van der Waals surface area contributed by atoms with Crippen molar-refractivity contribution in [1.82, 2.24) is 31.9 Å². The molecule has 224 valence electrons. The molecule has 0 aromatic heterocycles. The van der Waals surface area contributed by atoms with Crippen LogP contribution in [0, 0.1) is 5.41 Å². The maximum absolute atomic E-state index is 12.9. The predicted molar refractivity (Wildman–Crippen MR) is 134 cm³/mol. The van der Waals surface area contributed by atoms with Gasteiger partial charge in [-0.3, -0.25) is 39.0 Å². The molecule has 0 aliphatic rings. The van der Waals surface area contributed by atoms with Crippen LogP contribution in [-0.2, 0) is 38.4 Å². The highest BCUT2D eigenvalue weighted by atomic mass is 16.4. The molecule has 0 unspecified atom stereocenters. The zero-order valence-electron chi connectivity index (χ0n) is 21.3. The number of rotatable bonds is 19. The van der Waals surface area contributed by atoms with Crippen LogP contribution in [0.5, 0.6) is 0 Å². The normalized spacial score (nSPS) is 12.4. The third-order valence-corrected chi connectivity index (χ3v) is 4.75. The Morgan fingerprint density at radius 1 is 0.700 bits per heavy atom. The maximum Gasteiger partial charge on any atom is 0.326 e. The van der Waals surface area contributed by atoms with Gasteiger partial charge in [0.2, 0.25) is 35.4 Å². The molecule has 0 aliphatic heterocycles. The highest BCUT2D eigenvalue weighted by Crippen LogP contribution is 2.02. The van der Waals surface area contributed by atoms with E-state index in [0.717, 1.165) is 0 Å². The molecule has 0 fully saturated rings. The van der Waals surface area contributed by atoms with Crippen molar-refractivity contribution in [2.45, 2.75) is 43.8 Å². The van der Waals surface area contributed by atoms with E-state index in [9.17, 15) is 38.4 Å². The molecule has 0 rings (SSSR count). The number of guanidine groups is 1. The molecule has 20 nitrogen and oxygen atoms in total. The summed E-state index contributed by atoms with van der Waals surface area (Å²) in [7, 11) is 0. The van der Waals surface area contributed by atoms with E-state index in [0.29, 0.717) is 0 Å². The van der Waals surface area contributed by atoms with Crippen LogP contribution in [0.15, 0.2) is 0 Å². The fraction of sp³-hybridized carbons (Fsp3) is 0.550. The minimum Gasteiger partial charge on any atom is -0.481 e. The van der Waals surface area contributed by atoms with Gasteiger partial charge >= 0.3 is 11.9 Å². The summed E-state index contributed by atoms with van der Waals surface area (Å²) in [5.41, 5.74) is 15.2. The van der Waals surface area contributed by atoms with Crippen LogP contribution in [-0.4, -0.2) is 108 Å². The SMILES string of the molecule is N=C(N)NCCC[C@H](NC(=O)CNC(=O)CNC(=O)CN)C(=O)N[C@@H](CC(=O)O)C(=O)N[C@@H](CC(N)=O)C(=O)O. The third-order valence-electron chi connectivity index (χ3n) is 4.75. The van der Waals surface area contributed by atoms with Crippen LogP contribution < -0.4 is 49.1 Å². The summed E-state index contributed by atoms with van der Waals surface area (Å²) in [6.07, 6.45) is -1.76. The monoisotopic (exact) mass is 574 g/mol. The van der Waals surface area contributed by atoms with Gasteiger partial charge in [0.15, 0.2) is 5.96 Å². The molecule has 0 bridgehead atoms. The lowest BCUT2D eigenvalue weighted by Crippen LogP contribution is -2.57. The molecular weight excluding hydrogens is 540 g/mol. The molecule has 6 amide bonds. The lowest BCUT2D eigenvalue weighted by molar-refractivity contribution is -0.144. The minimum atomic E-state index is -1.82. The molecule has 0 heterocycles. The summed E-state index contributed by atoms with van der Waals surface area (Å²) < 4.78 is 0. The number of nitrogens with two attached hydrogens (primary N) is 3. The Morgan fingerprint density at radius 2 is 1.25 bits per heavy atom. The Labute approximate surface area is 227 Å². The van der Waals surface area contributed by atoms with Crippen molar-refractivity contribution in [3.05, 3.63) is 0 Å². The van der Waals surface area contributed by atoms with E-state index < -0.39 is 91.4 Å². The van der Waals surface area contributed by atoms with E-state index in [2.05, 4.69) is 26.6 Å². The molecule has 0 saturated heterocycles. The number of carbonyl (C=O) groups excluding carboxylic acids is 6. The van der Waals surface area contributed by atoms with Gasteiger partial charge in [-0.25, -0.2) is 4.79 Å². The standard InChI is InChI=1S/C20H34N10O10/c21-6-13(32)26-7-14(33)27-8-15(34)28-9(2-1-3-25-20(23)24)17(37)29-10(5-16(35)36)18(38)30-11(19(39)40)4-12(22)31/h9-11H,1-8,21H2,(H2,22,31)(H,26,32)(H,27,33)(H,28,34)(H,29,37)(H,30,38)(H,35,36)(H,39,40)(H4,23,24,25)/t9-,10-,11-/m0/s1. The summed E-state index contributed by atoms with van der Waals surface area (Å²) in [5.74, 6) is -9.13. The van der Waals surface area contributed by atoms with Gasteiger partial charge in [-0.15, -0.1) is 0 Å². The smallest absolute Gasteiger partial charge is 0.326 e. The van der Waals surface area contributed by atoms with Crippen molar-refractivity contribution in [2.24, 2.45) is 17.2 Å². The Hall–Kier alpha value is -5.01. The van der Waals surface area contributed by atoms with Crippen LogP contribution in [0.3, 0.4) is 0 Å². The zero-order valence-corrected chi connectivity index (χ0v) is 21.3. The highest BCUT2D eigenvalue weighted by molar-refractivity contribution is 5.96. The van der Waals surface area contributed by atoms with E-state index in [1.807, 2.05) is 5.32 Å². The van der Waals surface area contributed by atoms with Crippen molar-refractivity contribution in [3.63, 3.8) is 0 Å². The zero-order chi connectivity index (χ0) is 30.8. The van der Waals surface area contributed by atoms with Crippen molar-refractivity contribution < 1.29 is 48.6 Å². The van der Waals surface area contributed by atoms with E-state index in [1.165, 1.54) is 0 Å². The number of hydrogen-bond donors (Lipinski definition) is 12. The Bertz CT molecular complexity index is 989. The average molecular weight is 575 g/mol. The van der Waals surface area contributed by atoms with Gasteiger partial charge in [0, 0.05) is 6.54 Å². The van der Waals surface area contributed by atoms with Gasteiger partial charge in [-0.2, -0.15) is 0 Å². The summed E-state index contributed by atoms with van der Waals surface area (Å²) >= 11 is 0. The van der Waals surface area contributed by atoms with Crippen molar-refractivity contribution in [1.29, 1.82) is 5.41 Å². The van der Waals surface area contributed by atoms with Crippen molar-refractivity contribution in [2.75, 3.05) is 26.2 Å². The molecule has 3 atom stereocenters. The average Bonchev–Trinajstić information content (AvgIpc) is 2.85. The van der Waals surface area contributed by atoms with E-state index in [1.54, 1.807) is 0 Å². The number of primary amides is 1. The first-order valence-corrected chi connectivity index (χ1v) is 11.6. The number of nitrogens with one attached hydrogen (secondary N) is 7. The minimum absolute atomic E-state index is 0.0962. The first-order chi connectivity index (χ1) is 18.7. The number of carboxylic acids is 2. The number of carbonyl (C=O) groups is 8. The van der Waals surface area contributed by atoms with Crippen LogP contribution in [0.25, 0.3) is 0 Å². The molecule has 0 aromatic carbocycles. The second kappa shape index (κ2) is 18.3. The second-order valence-corrected chi connectivity index (χ2v) is 8.09. The molecule has 40 heavy (non-hydrogen) atoms. The van der Waals surface area contributed by atoms with Gasteiger partial charge in [0.25, 0.3) is 0 Å². The predicted octanol–water partition coefficient (Wildman–Crippen LogP) is -6.67. The van der Waals surface area contributed by atoms with Gasteiger partial charge in [-0.05, 0) is 12.8 Å². The van der Waals surface area contributed by atoms with Crippen LogP contribution in [0.4, 0.5) is 0 Å². The molecule has 20 heteroatoms. The molecule has 0 aliphatic carbocycles. The summed E-state index contributed by atoms with van der Waals surface area (Å²) in [5, 5.41) is 38.7. The molecule has 0 aromatic rings. The first kappa shape index (κ1) is 35.0. The summed E-state index contributed by atoms with van der Waals surface area (Å²) in [6, 6.07) is -5.01. The van der Waals surface area contributed by atoms with E-state index >= 15 is 0 Å². The van der Waals surface area contributed by atoms with Crippen LogP contribution in [0.2, 0.25) is 0 Å². The number of carboxylic acid groups (broad SMARTS) is 2. The fourth-order valence-electron chi connectivity index (χ4n) is 2.87. The number of aliphatic carboxylic acids is 2. The molecule has 0 saturated carbocycles.